The van der Waals surface area contributed by atoms with Crippen LogP contribution in [0.4, 0.5) is 0 Å². The summed E-state index contributed by atoms with van der Waals surface area (Å²) in [7, 11) is 1.51. The maximum atomic E-state index is 11.6. The van der Waals surface area contributed by atoms with Crippen LogP contribution >= 0.6 is 0 Å². The van der Waals surface area contributed by atoms with Crippen LogP contribution in [0.2, 0.25) is 0 Å². The number of hydrogen-bond acceptors (Lipinski definition) is 3. The van der Waals surface area contributed by atoms with Crippen molar-refractivity contribution in [1.82, 2.24) is 5.01 Å². The lowest BCUT2D eigenvalue weighted by molar-refractivity contribution is -0.131. The normalized spacial score (nSPS) is 12.4. The van der Waals surface area contributed by atoms with Gasteiger partial charge in [-0.25, -0.2) is 5.84 Å². The molecule has 94 valence electrons. The van der Waals surface area contributed by atoms with Gasteiger partial charge in [0.1, 0.15) is 0 Å². The van der Waals surface area contributed by atoms with E-state index in [2.05, 4.69) is 26.0 Å². The molecule has 17 heavy (non-hydrogen) atoms. The zero-order valence-corrected chi connectivity index (χ0v) is 10.9. The molecule has 0 fully saturated rings. The molecule has 0 aliphatic heterocycles. The molecule has 1 aromatic rings. The first kappa shape index (κ1) is 13.7. The lowest BCUT2D eigenvalue weighted by Gasteiger charge is -2.18. The minimum Gasteiger partial charge on any atom is -0.320 e. The minimum atomic E-state index is -0.578. The van der Waals surface area contributed by atoms with Gasteiger partial charge in [-0.15, -0.1) is 0 Å². The van der Waals surface area contributed by atoms with Crippen molar-refractivity contribution in [2.45, 2.75) is 33.2 Å². The number of nitrogens with zero attached hydrogens (tertiary/aromatic N) is 1. The zero-order chi connectivity index (χ0) is 13.2. The Morgan fingerprint density at radius 1 is 1.24 bits per heavy atom. The van der Waals surface area contributed by atoms with Gasteiger partial charge in [-0.2, -0.15) is 0 Å². The van der Waals surface area contributed by atoms with E-state index in [0.29, 0.717) is 6.42 Å². The van der Waals surface area contributed by atoms with Crippen molar-refractivity contribution in [1.29, 1.82) is 0 Å². The molecule has 0 aliphatic carbocycles. The molecule has 1 rings (SSSR count). The summed E-state index contributed by atoms with van der Waals surface area (Å²) in [4.78, 5) is 11.6. The average molecular weight is 235 g/mol. The van der Waals surface area contributed by atoms with Crippen molar-refractivity contribution in [2.75, 3.05) is 7.05 Å². The third kappa shape index (κ3) is 3.28. The van der Waals surface area contributed by atoms with Crippen LogP contribution in [0.5, 0.6) is 0 Å². The van der Waals surface area contributed by atoms with E-state index in [1.165, 1.54) is 18.2 Å². The van der Waals surface area contributed by atoms with Gasteiger partial charge in [-0.1, -0.05) is 12.1 Å². The number of hydrazine groups is 1. The third-order valence-corrected chi connectivity index (χ3v) is 3.06. The number of amides is 1. The standard InChI is InChI=1S/C13H21N3O/c1-8-5-10(3)11(6-9(8)2)7-12(14)13(17)16(4)15/h5-6,12H,7,14-15H2,1-4H3. The minimum absolute atomic E-state index is 0.248. The molecular formula is C13H21N3O. The predicted octanol–water partition coefficient (Wildman–Crippen LogP) is 0.814. The fraction of sp³-hybridized carbons (Fsp3) is 0.462. The molecule has 4 nitrogen and oxygen atoms in total. The van der Waals surface area contributed by atoms with E-state index in [1.54, 1.807) is 0 Å². The first-order valence-corrected chi connectivity index (χ1v) is 5.67. The van der Waals surface area contributed by atoms with Gasteiger partial charge in [0.15, 0.2) is 0 Å². The monoisotopic (exact) mass is 235 g/mol. The van der Waals surface area contributed by atoms with Gasteiger partial charge in [0.05, 0.1) is 6.04 Å². The Morgan fingerprint density at radius 3 is 2.29 bits per heavy atom. The molecule has 0 aliphatic rings. The third-order valence-electron chi connectivity index (χ3n) is 3.06. The first-order chi connectivity index (χ1) is 7.82. The van der Waals surface area contributed by atoms with Gasteiger partial charge < -0.3 is 5.73 Å². The van der Waals surface area contributed by atoms with Crippen LogP contribution in [0.1, 0.15) is 22.3 Å². The van der Waals surface area contributed by atoms with Gasteiger partial charge >= 0.3 is 0 Å². The average Bonchev–Trinajstić information content (AvgIpc) is 2.24. The Hall–Kier alpha value is -1.39. The van der Waals surface area contributed by atoms with E-state index in [-0.39, 0.29) is 5.91 Å². The summed E-state index contributed by atoms with van der Waals surface area (Å²) in [6.45, 7) is 6.16. The zero-order valence-electron chi connectivity index (χ0n) is 10.9. The van der Waals surface area contributed by atoms with Crippen LogP contribution < -0.4 is 11.6 Å². The number of benzene rings is 1. The van der Waals surface area contributed by atoms with Gasteiger partial charge in [0, 0.05) is 7.05 Å². The van der Waals surface area contributed by atoms with Crippen molar-refractivity contribution in [3.8, 4) is 0 Å². The van der Waals surface area contributed by atoms with Gasteiger partial charge in [-0.3, -0.25) is 9.80 Å². The summed E-state index contributed by atoms with van der Waals surface area (Å²) in [5.74, 6) is 5.14. The van der Waals surface area contributed by atoms with Crippen molar-refractivity contribution in [3.05, 3.63) is 34.4 Å². The molecule has 0 saturated heterocycles. The van der Waals surface area contributed by atoms with E-state index < -0.39 is 6.04 Å². The molecule has 0 bridgehead atoms. The Labute approximate surface area is 103 Å². The van der Waals surface area contributed by atoms with E-state index in [9.17, 15) is 4.79 Å². The second-order valence-corrected chi connectivity index (χ2v) is 4.62. The fourth-order valence-corrected chi connectivity index (χ4v) is 1.83. The fourth-order valence-electron chi connectivity index (χ4n) is 1.83. The summed E-state index contributed by atoms with van der Waals surface area (Å²) < 4.78 is 0. The van der Waals surface area contributed by atoms with E-state index >= 15 is 0 Å². The predicted molar refractivity (Wildman–Crippen MR) is 69.3 cm³/mol. The summed E-state index contributed by atoms with van der Waals surface area (Å²) in [5.41, 5.74) is 10.6. The molecule has 0 radical (unpaired) electrons. The molecule has 0 aromatic heterocycles. The Balaban J connectivity index is 2.89. The van der Waals surface area contributed by atoms with Gasteiger partial charge in [-0.05, 0) is 49.4 Å². The topological polar surface area (TPSA) is 72.4 Å². The highest BCUT2D eigenvalue weighted by atomic mass is 16.2. The number of aryl methyl sites for hydroxylation is 3. The lowest BCUT2D eigenvalue weighted by atomic mass is 9.96. The highest BCUT2D eigenvalue weighted by Gasteiger charge is 2.17. The molecule has 1 unspecified atom stereocenters. The van der Waals surface area contributed by atoms with E-state index in [4.69, 9.17) is 11.6 Å². The van der Waals surface area contributed by atoms with E-state index in [1.807, 2.05) is 6.92 Å². The quantitative estimate of drug-likeness (QED) is 0.463. The maximum absolute atomic E-state index is 11.6. The molecular weight excluding hydrogens is 214 g/mol. The molecule has 0 heterocycles. The molecule has 0 spiro atoms. The Kier molecular flexibility index (Phi) is 4.26. The number of nitrogens with two attached hydrogens (primary N) is 2. The van der Waals surface area contributed by atoms with Crippen molar-refractivity contribution in [2.24, 2.45) is 11.6 Å². The smallest absolute Gasteiger partial charge is 0.253 e. The van der Waals surface area contributed by atoms with Crippen LogP contribution in [0.25, 0.3) is 0 Å². The van der Waals surface area contributed by atoms with Crippen LogP contribution in [-0.2, 0) is 11.2 Å². The highest BCUT2D eigenvalue weighted by Crippen LogP contribution is 2.16. The molecule has 1 atom stereocenters. The largest absolute Gasteiger partial charge is 0.320 e. The second-order valence-electron chi connectivity index (χ2n) is 4.62. The molecule has 4 N–H and O–H groups in total. The van der Waals surface area contributed by atoms with Gasteiger partial charge in [0.25, 0.3) is 5.91 Å². The van der Waals surface area contributed by atoms with Crippen molar-refractivity contribution in [3.63, 3.8) is 0 Å². The number of rotatable bonds is 3. The Bertz CT molecular complexity index is 427. The van der Waals surface area contributed by atoms with Crippen LogP contribution in [0.3, 0.4) is 0 Å². The van der Waals surface area contributed by atoms with Crippen LogP contribution in [0.15, 0.2) is 12.1 Å². The van der Waals surface area contributed by atoms with Crippen molar-refractivity contribution < 1.29 is 4.79 Å². The number of carbonyl (C=O) groups excluding carboxylic acids is 1. The Morgan fingerprint density at radius 2 is 1.76 bits per heavy atom. The van der Waals surface area contributed by atoms with Crippen molar-refractivity contribution >= 4 is 5.91 Å². The highest BCUT2D eigenvalue weighted by molar-refractivity contribution is 5.81. The molecule has 0 saturated carbocycles. The number of likely N-dealkylation sites (N-methyl/N-ethyl adjacent to an activating group) is 1. The number of carbonyl (C=O) groups is 1. The van der Waals surface area contributed by atoms with Crippen LogP contribution in [-0.4, -0.2) is 24.0 Å². The number of hydrogen-bond donors (Lipinski definition) is 2. The molecule has 4 heteroatoms. The maximum Gasteiger partial charge on any atom is 0.253 e. The molecule has 1 amide bonds. The first-order valence-electron chi connectivity index (χ1n) is 5.67. The molecule has 1 aromatic carbocycles. The summed E-state index contributed by atoms with van der Waals surface area (Å²) in [6.07, 6.45) is 0.521. The SMILES string of the molecule is Cc1cc(C)c(CC(N)C(=O)N(C)N)cc1C. The lowest BCUT2D eigenvalue weighted by Crippen LogP contribution is -2.46. The van der Waals surface area contributed by atoms with E-state index in [0.717, 1.165) is 16.1 Å². The van der Waals surface area contributed by atoms with Gasteiger partial charge in [0.2, 0.25) is 0 Å². The summed E-state index contributed by atoms with van der Waals surface area (Å²) in [5, 5.41) is 1.04. The summed E-state index contributed by atoms with van der Waals surface area (Å²) in [6, 6.07) is 3.63. The second kappa shape index (κ2) is 5.29. The van der Waals surface area contributed by atoms with Crippen LogP contribution in [0, 0.1) is 20.8 Å². The summed E-state index contributed by atoms with van der Waals surface area (Å²) >= 11 is 0.